The van der Waals surface area contributed by atoms with Crippen LogP contribution in [0.15, 0.2) is 12.8 Å². The van der Waals surface area contributed by atoms with Gasteiger partial charge < -0.3 is 9.84 Å². The number of aliphatic hydroxyl groups excluding tert-OH is 1. The Balaban J connectivity index is 2.30. The Morgan fingerprint density at radius 1 is 1.33 bits per heavy atom. The Morgan fingerprint density at radius 3 is 2.58 bits per heavy atom. The minimum Gasteiger partial charge on any atom is -0.502 e. The summed E-state index contributed by atoms with van der Waals surface area (Å²) in [7, 11) is 0. The summed E-state index contributed by atoms with van der Waals surface area (Å²) in [6.07, 6.45) is 6.38. The molecule has 0 aromatic heterocycles. The van der Waals surface area contributed by atoms with Crippen LogP contribution in [-0.4, -0.2) is 18.3 Å². The van der Waals surface area contributed by atoms with Crippen molar-refractivity contribution in [1.82, 2.24) is 0 Å². The first-order valence-electron chi connectivity index (χ1n) is 4.72. The average molecular weight is 170 g/mol. The Bertz CT molecular complexity index is 134. The van der Waals surface area contributed by atoms with Gasteiger partial charge in [-0.05, 0) is 24.7 Å². The van der Waals surface area contributed by atoms with E-state index in [4.69, 9.17) is 9.84 Å². The second-order valence-electron chi connectivity index (χ2n) is 3.49. The second-order valence-corrected chi connectivity index (χ2v) is 3.49. The van der Waals surface area contributed by atoms with E-state index in [9.17, 15) is 0 Å². The quantitative estimate of drug-likeness (QED) is 0.653. The van der Waals surface area contributed by atoms with Crippen LogP contribution in [0.4, 0.5) is 0 Å². The number of hydrogen-bond donors (Lipinski definition) is 1. The molecule has 1 aliphatic carbocycles. The Labute approximate surface area is 74.2 Å². The van der Waals surface area contributed by atoms with E-state index in [1.807, 2.05) is 0 Å². The summed E-state index contributed by atoms with van der Waals surface area (Å²) in [5.41, 5.74) is 0. The van der Waals surface area contributed by atoms with Crippen LogP contribution in [0.3, 0.4) is 0 Å². The molecule has 0 spiro atoms. The largest absolute Gasteiger partial charge is 0.502 e. The van der Waals surface area contributed by atoms with Crippen molar-refractivity contribution in [2.24, 2.45) is 11.8 Å². The zero-order valence-electron chi connectivity index (χ0n) is 7.54. The van der Waals surface area contributed by atoms with Crippen LogP contribution < -0.4 is 0 Å². The summed E-state index contributed by atoms with van der Waals surface area (Å²) in [5, 5.41) is 9.08. The third-order valence-corrected chi connectivity index (χ3v) is 2.73. The van der Waals surface area contributed by atoms with E-state index in [1.54, 1.807) is 0 Å². The van der Waals surface area contributed by atoms with Gasteiger partial charge in [-0.1, -0.05) is 19.4 Å². The van der Waals surface area contributed by atoms with Gasteiger partial charge in [0.15, 0.2) is 0 Å². The maximum absolute atomic E-state index is 9.08. The zero-order valence-corrected chi connectivity index (χ0v) is 7.54. The molecule has 0 amide bonds. The van der Waals surface area contributed by atoms with E-state index in [0.717, 1.165) is 13.0 Å². The van der Waals surface area contributed by atoms with Crippen molar-refractivity contribution in [3.05, 3.63) is 12.8 Å². The number of ether oxygens (including phenoxy) is 1. The molecule has 1 fully saturated rings. The zero-order chi connectivity index (χ0) is 8.81. The van der Waals surface area contributed by atoms with Gasteiger partial charge in [0.25, 0.3) is 0 Å². The topological polar surface area (TPSA) is 29.5 Å². The van der Waals surface area contributed by atoms with Crippen molar-refractivity contribution in [3.8, 4) is 0 Å². The number of rotatable bonds is 4. The Morgan fingerprint density at radius 2 is 2.00 bits per heavy atom. The fourth-order valence-corrected chi connectivity index (χ4v) is 1.94. The van der Waals surface area contributed by atoms with E-state index in [1.165, 1.54) is 25.5 Å². The molecule has 1 N–H and O–H groups in total. The molecule has 1 rings (SSSR count). The third kappa shape index (κ3) is 2.52. The maximum atomic E-state index is 9.08. The van der Waals surface area contributed by atoms with Gasteiger partial charge in [-0.2, -0.15) is 0 Å². The summed E-state index contributed by atoms with van der Waals surface area (Å²) in [6, 6.07) is 0. The summed E-state index contributed by atoms with van der Waals surface area (Å²) < 4.78 is 5.16. The van der Waals surface area contributed by atoms with Crippen molar-refractivity contribution in [3.63, 3.8) is 0 Å². The van der Waals surface area contributed by atoms with Crippen molar-refractivity contribution in [1.29, 1.82) is 0 Å². The lowest BCUT2D eigenvalue weighted by molar-refractivity contribution is 0.0791. The molecule has 1 saturated carbocycles. The third-order valence-electron chi connectivity index (χ3n) is 2.73. The van der Waals surface area contributed by atoms with Gasteiger partial charge in [0.05, 0.1) is 12.9 Å². The van der Waals surface area contributed by atoms with Gasteiger partial charge in [-0.15, -0.1) is 0 Å². The van der Waals surface area contributed by atoms with Crippen LogP contribution in [0.25, 0.3) is 0 Å². The molecule has 2 heteroatoms. The van der Waals surface area contributed by atoms with Crippen LogP contribution in [0, 0.1) is 11.8 Å². The van der Waals surface area contributed by atoms with Crippen LogP contribution in [-0.2, 0) is 4.74 Å². The molecule has 0 heterocycles. The van der Waals surface area contributed by atoms with Crippen molar-refractivity contribution in [2.75, 3.05) is 13.2 Å². The standard InChI is InChI=1S/C10H18O2/c1-2-12-8-10-6-4-3-5-9(10)7-11/h2,9-11H,1,3-8H2. The highest BCUT2D eigenvalue weighted by molar-refractivity contribution is 4.75. The number of aliphatic hydroxyl groups is 1. The maximum Gasteiger partial charge on any atom is 0.0904 e. The lowest BCUT2D eigenvalue weighted by atomic mass is 9.80. The van der Waals surface area contributed by atoms with Gasteiger partial charge in [0, 0.05) is 6.61 Å². The molecule has 0 radical (unpaired) electrons. The molecule has 0 aromatic rings. The van der Waals surface area contributed by atoms with Crippen LogP contribution in [0.2, 0.25) is 0 Å². The summed E-state index contributed by atoms with van der Waals surface area (Å²) in [4.78, 5) is 0. The minimum atomic E-state index is 0.311. The van der Waals surface area contributed by atoms with Crippen LogP contribution >= 0.6 is 0 Å². The molecular weight excluding hydrogens is 152 g/mol. The highest BCUT2D eigenvalue weighted by Gasteiger charge is 2.24. The van der Waals surface area contributed by atoms with Gasteiger partial charge in [0.1, 0.15) is 0 Å². The smallest absolute Gasteiger partial charge is 0.0904 e. The molecule has 0 bridgehead atoms. The van der Waals surface area contributed by atoms with Gasteiger partial charge in [0.2, 0.25) is 0 Å². The molecule has 12 heavy (non-hydrogen) atoms. The Kier molecular flexibility index (Phi) is 4.15. The molecule has 0 aromatic carbocycles. The van der Waals surface area contributed by atoms with E-state index in [0.29, 0.717) is 18.4 Å². The minimum absolute atomic E-state index is 0.311. The first kappa shape index (κ1) is 9.59. The fourth-order valence-electron chi connectivity index (χ4n) is 1.94. The molecule has 0 saturated heterocycles. The monoisotopic (exact) mass is 170 g/mol. The first-order valence-corrected chi connectivity index (χ1v) is 4.72. The van der Waals surface area contributed by atoms with Gasteiger partial charge in [-0.3, -0.25) is 0 Å². The van der Waals surface area contributed by atoms with E-state index < -0.39 is 0 Å². The van der Waals surface area contributed by atoms with Gasteiger partial charge >= 0.3 is 0 Å². The van der Waals surface area contributed by atoms with Crippen molar-refractivity contribution in [2.45, 2.75) is 25.7 Å². The molecule has 2 nitrogen and oxygen atoms in total. The van der Waals surface area contributed by atoms with E-state index >= 15 is 0 Å². The predicted octanol–water partition coefficient (Wildman–Crippen LogP) is 1.95. The fraction of sp³-hybridized carbons (Fsp3) is 0.800. The molecule has 70 valence electrons. The molecule has 1 aliphatic rings. The summed E-state index contributed by atoms with van der Waals surface area (Å²) in [6.45, 7) is 4.55. The van der Waals surface area contributed by atoms with E-state index in [-0.39, 0.29) is 0 Å². The number of hydrogen-bond acceptors (Lipinski definition) is 2. The molecule has 0 aliphatic heterocycles. The summed E-state index contributed by atoms with van der Waals surface area (Å²) in [5.74, 6) is 1.00. The van der Waals surface area contributed by atoms with Crippen LogP contribution in [0.1, 0.15) is 25.7 Å². The summed E-state index contributed by atoms with van der Waals surface area (Å²) >= 11 is 0. The predicted molar refractivity (Wildman–Crippen MR) is 48.7 cm³/mol. The highest BCUT2D eigenvalue weighted by atomic mass is 16.5. The molecule has 2 unspecified atom stereocenters. The van der Waals surface area contributed by atoms with Crippen molar-refractivity contribution < 1.29 is 9.84 Å². The average Bonchev–Trinajstić information content (AvgIpc) is 2.15. The molecule has 2 atom stereocenters. The van der Waals surface area contributed by atoms with Crippen LogP contribution in [0.5, 0.6) is 0 Å². The second kappa shape index (κ2) is 5.20. The SMILES string of the molecule is C=COCC1CCCCC1CO. The lowest BCUT2D eigenvalue weighted by Crippen LogP contribution is -2.25. The Hall–Kier alpha value is -0.500. The van der Waals surface area contributed by atoms with Gasteiger partial charge in [-0.25, -0.2) is 0 Å². The lowest BCUT2D eigenvalue weighted by Gasteiger charge is -2.29. The van der Waals surface area contributed by atoms with E-state index in [2.05, 4.69) is 6.58 Å². The van der Waals surface area contributed by atoms with Crippen molar-refractivity contribution >= 4 is 0 Å². The highest BCUT2D eigenvalue weighted by Crippen LogP contribution is 2.29. The molecular formula is C10H18O2. The normalized spacial score (nSPS) is 29.8. The first-order chi connectivity index (χ1) is 5.88.